The first kappa shape index (κ1) is 23.1. The van der Waals surface area contributed by atoms with E-state index < -0.39 is 5.97 Å². The number of aromatic nitrogens is 1. The molecule has 2 aromatic carbocycles. The zero-order valence-corrected chi connectivity index (χ0v) is 19.7. The fourth-order valence-electron chi connectivity index (χ4n) is 3.47. The molecule has 0 atom stereocenters. The summed E-state index contributed by atoms with van der Waals surface area (Å²) in [5.74, 6) is 0.856. The number of hydrogen-bond donors (Lipinski definition) is 0. The quantitative estimate of drug-likeness (QED) is 0.498. The molecule has 9 heteroatoms. The molecule has 0 aliphatic carbocycles. The van der Waals surface area contributed by atoms with E-state index in [1.54, 1.807) is 32.2 Å². The Labute approximate surface area is 199 Å². The molecule has 1 aliphatic heterocycles. The lowest BCUT2D eigenvalue weighted by Gasteiger charge is -2.21. The molecule has 172 valence electrons. The van der Waals surface area contributed by atoms with Crippen molar-refractivity contribution < 1.29 is 23.7 Å². The number of ether oxygens (including phenoxy) is 4. The number of thiazole rings is 1. The van der Waals surface area contributed by atoms with Crippen LogP contribution in [0.15, 0.2) is 41.2 Å². The molecule has 0 spiro atoms. The second-order valence-electron chi connectivity index (χ2n) is 7.17. The number of halogens is 1. The third-order valence-corrected chi connectivity index (χ3v) is 6.24. The van der Waals surface area contributed by atoms with Crippen LogP contribution in [0.1, 0.15) is 23.6 Å². The summed E-state index contributed by atoms with van der Waals surface area (Å²) in [6.07, 6.45) is 3.12. The minimum absolute atomic E-state index is 0.123. The maximum absolute atomic E-state index is 13.4. The number of hydrogen-bond acceptors (Lipinski definition) is 7. The Bertz CT molecular complexity index is 1340. The van der Waals surface area contributed by atoms with Gasteiger partial charge in [-0.25, -0.2) is 4.79 Å². The lowest BCUT2D eigenvalue weighted by atomic mass is 10.1. The maximum atomic E-state index is 13.4. The molecule has 1 aliphatic rings. The molecule has 0 fully saturated rings. The third-order valence-electron chi connectivity index (χ3n) is 4.96. The Kier molecular flexibility index (Phi) is 7.17. The van der Waals surface area contributed by atoms with Crippen molar-refractivity contribution in [1.82, 2.24) is 4.57 Å². The van der Waals surface area contributed by atoms with Crippen LogP contribution in [0.5, 0.6) is 11.5 Å². The number of methoxy groups -OCH3 is 1. The van der Waals surface area contributed by atoms with Crippen molar-refractivity contribution >= 4 is 41.1 Å². The van der Waals surface area contributed by atoms with Gasteiger partial charge in [0, 0.05) is 16.1 Å². The highest BCUT2D eigenvalue weighted by Crippen LogP contribution is 2.31. The first-order valence-electron chi connectivity index (χ1n) is 10.2. The van der Waals surface area contributed by atoms with Gasteiger partial charge in [0.05, 0.1) is 37.5 Å². The molecule has 0 bridgehead atoms. The molecule has 33 heavy (non-hydrogen) atoms. The number of esters is 1. The first-order chi connectivity index (χ1) is 16.0. The number of carbonyl (C=O) groups is 1. The summed E-state index contributed by atoms with van der Waals surface area (Å²) in [6.45, 7) is 2.65. The summed E-state index contributed by atoms with van der Waals surface area (Å²) in [6, 6.07) is 10.9. The number of benzene rings is 2. The smallest absolute Gasteiger partial charge is 0.333 e. The zero-order chi connectivity index (χ0) is 23.4. The molecular weight excluding hydrogens is 466 g/mol. The van der Waals surface area contributed by atoms with E-state index >= 15 is 0 Å². The normalized spacial score (nSPS) is 14.0. The summed E-state index contributed by atoms with van der Waals surface area (Å²) in [5.41, 5.74) is 2.15. The van der Waals surface area contributed by atoms with Crippen LogP contribution in [-0.2, 0) is 27.4 Å². The van der Waals surface area contributed by atoms with Gasteiger partial charge in [-0.1, -0.05) is 23.7 Å². The fourth-order valence-corrected chi connectivity index (χ4v) is 4.77. The van der Waals surface area contributed by atoms with Gasteiger partial charge in [0.15, 0.2) is 6.79 Å². The molecule has 0 unspecified atom stereocenters. The molecule has 0 amide bonds. The third kappa shape index (κ3) is 5.30. The average molecular weight is 488 g/mol. The van der Waals surface area contributed by atoms with E-state index in [-0.39, 0.29) is 25.5 Å². The van der Waals surface area contributed by atoms with Gasteiger partial charge in [-0.2, -0.15) is 0 Å². The summed E-state index contributed by atoms with van der Waals surface area (Å²) in [7, 11) is 1.60. The van der Waals surface area contributed by atoms with Gasteiger partial charge < -0.3 is 18.9 Å². The van der Waals surface area contributed by atoms with E-state index in [1.165, 1.54) is 22.0 Å². The monoisotopic (exact) mass is 487 g/mol. The van der Waals surface area contributed by atoms with Crippen molar-refractivity contribution in [3.05, 3.63) is 77.7 Å². The molecule has 0 saturated carbocycles. The van der Waals surface area contributed by atoms with E-state index in [0.717, 1.165) is 22.4 Å². The Hall–Kier alpha value is -3.07. The van der Waals surface area contributed by atoms with Crippen LogP contribution in [0.2, 0.25) is 5.02 Å². The van der Waals surface area contributed by atoms with Gasteiger partial charge in [-0.15, -0.1) is 11.3 Å². The molecule has 7 nitrogen and oxygen atoms in total. The van der Waals surface area contributed by atoms with Crippen molar-refractivity contribution in [2.45, 2.75) is 20.1 Å². The second-order valence-corrected chi connectivity index (χ2v) is 8.67. The van der Waals surface area contributed by atoms with Crippen LogP contribution in [-0.4, -0.2) is 31.0 Å². The summed E-state index contributed by atoms with van der Waals surface area (Å²) >= 11 is 7.51. The van der Waals surface area contributed by atoms with Crippen LogP contribution < -0.4 is 24.2 Å². The van der Waals surface area contributed by atoms with E-state index in [9.17, 15) is 9.59 Å². The van der Waals surface area contributed by atoms with E-state index in [2.05, 4.69) is 0 Å². The van der Waals surface area contributed by atoms with Crippen molar-refractivity contribution in [3.63, 3.8) is 0 Å². The summed E-state index contributed by atoms with van der Waals surface area (Å²) < 4.78 is 23.8. The van der Waals surface area contributed by atoms with Crippen molar-refractivity contribution in [1.29, 1.82) is 0 Å². The van der Waals surface area contributed by atoms with Crippen molar-refractivity contribution in [3.8, 4) is 11.5 Å². The minimum Gasteiger partial charge on any atom is -0.497 e. The van der Waals surface area contributed by atoms with Crippen molar-refractivity contribution in [2.24, 2.45) is 0 Å². The Balaban J connectivity index is 1.83. The Morgan fingerprint density at radius 2 is 2.06 bits per heavy atom. The molecule has 0 radical (unpaired) electrons. The zero-order valence-electron chi connectivity index (χ0n) is 18.1. The molecule has 3 aromatic rings. The largest absolute Gasteiger partial charge is 0.497 e. The lowest BCUT2D eigenvalue weighted by molar-refractivity contribution is -0.135. The number of nitrogens with zero attached hydrogens (tertiary/aromatic N) is 1. The summed E-state index contributed by atoms with van der Waals surface area (Å²) in [4.78, 5) is 25.5. The predicted octanol–water partition coefficient (Wildman–Crippen LogP) is 2.66. The van der Waals surface area contributed by atoms with E-state index in [4.69, 9.17) is 30.5 Å². The average Bonchev–Trinajstić information content (AvgIpc) is 3.08. The Morgan fingerprint density at radius 1 is 1.27 bits per heavy atom. The number of rotatable bonds is 6. The van der Waals surface area contributed by atoms with Crippen LogP contribution in [0.25, 0.3) is 12.2 Å². The Morgan fingerprint density at radius 3 is 2.79 bits per heavy atom. The number of carbonyl (C=O) groups excluding carboxylic acids is 1. The molecule has 0 N–H and O–H groups in total. The molecule has 4 rings (SSSR count). The topological polar surface area (TPSA) is 76.0 Å². The highest BCUT2D eigenvalue weighted by Gasteiger charge is 2.18. The molecule has 2 heterocycles. The molecule has 1 aromatic heterocycles. The summed E-state index contributed by atoms with van der Waals surface area (Å²) in [5, 5.41) is 0.516. The predicted molar refractivity (Wildman–Crippen MR) is 126 cm³/mol. The number of fused-ring (bicyclic) bond motifs is 1. The van der Waals surface area contributed by atoms with Crippen LogP contribution >= 0.6 is 22.9 Å². The van der Waals surface area contributed by atoms with Crippen LogP contribution in [0, 0.1) is 0 Å². The van der Waals surface area contributed by atoms with Gasteiger partial charge in [0.1, 0.15) is 16.2 Å². The highest BCUT2D eigenvalue weighted by molar-refractivity contribution is 7.07. The van der Waals surface area contributed by atoms with Crippen LogP contribution in [0.4, 0.5) is 0 Å². The first-order valence-corrected chi connectivity index (χ1v) is 11.4. The minimum atomic E-state index is -0.513. The standard InChI is InChI=1S/C24H22ClNO6S/c1-3-31-22(27)11-21-26(12-16-9-18(25)10-17-13-30-14-32-23(16)17)24(28)20(33-21)8-15-4-6-19(29-2)7-5-15/h4-11H,3,12-14H2,1-2H3. The SMILES string of the molecule is CCOC(=O)C=c1sc(=Cc2ccc(OC)cc2)c(=O)n1Cc1cc(Cl)cc2c1OCOC2. The van der Waals surface area contributed by atoms with Gasteiger partial charge >= 0.3 is 5.97 Å². The van der Waals surface area contributed by atoms with Gasteiger partial charge in [0.2, 0.25) is 0 Å². The van der Waals surface area contributed by atoms with Crippen LogP contribution in [0.3, 0.4) is 0 Å². The lowest BCUT2D eigenvalue weighted by Crippen LogP contribution is -2.32. The molecular formula is C24H22ClNO6S. The van der Waals surface area contributed by atoms with Crippen molar-refractivity contribution in [2.75, 3.05) is 20.5 Å². The highest BCUT2D eigenvalue weighted by atomic mass is 35.5. The van der Waals surface area contributed by atoms with Gasteiger partial charge in [0.25, 0.3) is 5.56 Å². The molecule has 0 saturated heterocycles. The second kappa shape index (κ2) is 10.2. The van der Waals surface area contributed by atoms with E-state index in [0.29, 0.717) is 26.6 Å². The maximum Gasteiger partial charge on any atom is 0.333 e. The van der Waals surface area contributed by atoms with Gasteiger partial charge in [-0.05, 0) is 42.8 Å². The van der Waals surface area contributed by atoms with Gasteiger partial charge in [-0.3, -0.25) is 9.36 Å². The van der Waals surface area contributed by atoms with E-state index in [1.807, 2.05) is 24.3 Å². The fraction of sp³-hybridized carbons (Fsp3) is 0.250.